The van der Waals surface area contributed by atoms with Gasteiger partial charge >= 0.3 is 0 Å². The summed E-state index contributed by atoms with van der Waals surface area (Å²) in [5.74, 6) is 0.883. The molecule has 0 spiro atoms. The van der Waals surface area contributed by atoms with E-state index in [9.17, 15) is 0 Å². The highest BCUT2D eigenvalue weighted by Crippen LogP contribution is 2.66. The van der Waals surface area contributed by atoms with E-state index in [-0.39, 0.29) is 0 Å². The van der Waals surface area contributed by atoms with E-state index >= 15 is 0 Å². The largest absolute Gasteiger partial charge is 0.378 e. The monoisotopic (exact) mass is 281 g/mol. The molecular weight excluding hydrogens is 246 g/mol. The number of rotatable bonds is 7. The van der Waals surface area contributed by atoms with E-state index in [4.69, 9.17) is 10.5 Å². The molecule has 20 heavy (non-hydrogen) atoms. The predicted molar refractivity (Wildman–Crippen MR) is 85.7 cm³/mol. The van der Waals surface area contributed by atoms with Gasteiger partial charge in [0.2, 0.25) is 0 Å². The van der Waals surface area contributed by atoms with Gasteiger partial charge in [0, 0.05) is 6.61 Å². The van der Waals surface area contributed by atoms with Crippen molar-refractivity contribution in [2.24, 2.45) is 27.9 Å². The fourth-order valence-corrected chi connectivity index (χ4v) is 4.42. The highest BCUT2D eigenvalue weighted by atomic mass is 16.5. The lowest BCUT2D eigenvalue weighted by atomic mass is 9.70. The van der Waals surface area contributed by atoms with Crippen molar-refractivity contribution in [3.63, 3.8) is 0 Å². The first kappa shape index (κ1) is 16.3. The van der Waals surface area contributed by atoms with E-state index < -0.39 is 0 Å². The molecule has 3 atom stereocenters. The summed E-state index contributed by atoms with van der Waals surface area (Å²) in [6.45, 7) is 13.6. The van der Waals surface area contributed by atoms with Crippen molar-refractivity contribution < 1.29 is 4.74 Å². The van der Waals surface area contributed by atoms with Gasteiger partial charge in [-0.3, -0.25) is 0 Å². The maximum atomic E-state index is 6.29. The van der Waals surface area contributed by atoms with Crippen LogP contribution in [-0.4, -0.2) is 19.3 Å². The summed E-state index contributed by atoms with van der Waals surface area (Å²) in [5.41, 5.74) is 6.95. The molecule has 2 aliphatic rings. The van der Waals surface area contributed by atoms with Crippen LogP contribution in [0.5, 0.6) is 0 Å². The van der Waals surface area contributed by atoms with Crippen LogP contribution in [0.15, 0.2) is 0 Å². The summed E-state index contributed by atoms with van der Waals surface area (Å²) in [6, 6.07) is 0. The maximum Gasteiger partial charge on any atom is 0.0636 e. The average molecular weight is 281 g/mol. The molecule has 0 saturated heterocycles. The molecule has 0 aliphatic heterocycles. The van der Waals surface area contributed by atoms with Gasteiger partial charge in [-0.25, -0.2) is 0 Å². The molecule has 118 valence electrons. The van der Waals surface area contributed by atoms with Crippen molar-refractivity contribution in [2.75, 3.05) is 13.2 Å². The first-order valence-electron chi connectivity index (χ1n) is 8.55. The van der Waals surface area contributed by atoms with Gasteiger partial charge in [-0.15, -0.1) is 0 Å². The maximum absolute atomic E-state index is 6.29. The Bertz CT molecular complexity index is 336. The highest BCUT2D eigenvalue weighted by Gasteiger charge is 2.61. The molecule has 2 heteroatoms. The third kappa shape index (κ3) is 2.78. The fraction of sp³-hybridized carbons (Fsp3) is 1.00. The Morgan fingerprint density at radius 1 is 1.20 bits per heavy atom. The van der Waals surface area contributed by atoms with Gasteiger partial charge in [0.15, 0.2) is 0 Å². The SMILES string of the molecule is CC(C)(CN)CCCCOC1CC2CCC1(C)C2(C)C. The van der Waals surface area contributed by atoms with Crippen molar-refractivity contribution in [2.45, 2.75) is 79.2 Å². The van der Waals surface area contributed by atoms with E-state index in [1.807, 2.05) is 0 Å². The number of unbranched alkanes of at least 4 members (excludes halogenated alkanes) is 1. The standard InChI is InChI=1S/C18H35NO/c1-16(2,13-19)9-6-7-11-20-15-12-14-8-10-18(15,5)17(14,3)4/h14-15H,6-13,19H2,1-5H3. The summed E-state index contributed by atoms with van der Waals surface area (Å²) in [4.78, 5) is 0. The quantitative estimate of drug-likeness (QED) is 0.703. The second-order valence-corrected chi connectivity index (χ2v) is 8.80. The Hall–Kier alpha value is -0.0800. The van der Waals surface area contributed by atoms with E-state index in [2.05, 4.69) is 34.6 Å². The van der Waals surface area contributed by atoms with Crippen molar-refractivity contribution in [3.05, 3.63) is 0 Å². The molecule has 2 rings (SSSR count). The molecule has 0 aromatic heterocycles. The van der Waals surface area contributed by atoms with Crippen LogP contribution in [0.2, 0.25) is 0 Å². The van der Waals surface area contributed by atoms with Gasteiger partial charge in [0.1, 0.15) is 0 Å². The third-order valence-electron chi connectivity index (χ3n) is 6.83. The lowest BCUT2D eigenvalue weighted by Gasteiger charge is -2.39. The van der Waals surface area contributed by atoms with E-state index in [1.165, 1.54) is 38.5 Å². The Labute approximate surface area is 125 Å². The minimum absolute atomic E-state index is 0.292. The molecule has 2 bridgehead atoms. The van der Waals surface area contributed by atoms with Crippen LogP contribution in [-0.2, 0) is 4.74 Å². The van der Waals surface area contributed by atoms with Crippen molar-refractivity contribution in [1.29, 1.82) is 0 Å². The second-order valence-electron chi connectivity index (χ2n) is 8.80. The molecule has 0 aromatic carbocycles. The molecule has 0 heterocycles. The minimum atomic E-state index is 0.292. The van der Waals surface area contributed by atoms with Crippen LogP contribution in [0.4, 0.5) is 0 Å². The molecular formula is C18H35NO. The van der Waals surface area contributed by atoms with Gasteiger partial charge < -0.3 is 10.5 Å². The number of nitrogens with two attached hydrogens (primary N) is 1. The van der Waals surface area contributed by atoms with Crippen molar-refractivity contribution in [1.82, 2.24) is 0 Å². The number of hydrogen-bond donors (Lipinski definition) is 1. The Balaban J connectivity index is 1.72. The van der Waals surface area contributed by atoms with Crippen LogP contribution in [0.3, 0.4) is 0 Å². The van der Waals surface area contributed by atoms with Gasteiger partial charge in [0.05, 0.1) is 6.10 Å². The highest BCUT2D eigenvalue weighted by molar-refractivity contribution is 5.11. The third-order valence-corrected chi connectivity index (χ3v) is 6.83. The van der Waals surface area contributed by atoms with Crippen LogP contribution >= 0.6 is 0 Å². The van der Waals surface area contributed by atoms with E-state index in [1.54, 1.807) is 0 Å². The molecule has 2 aliphatic carbocycles. The van der Waals surface area contributed by atoms with Crippen LogP contribution in [0.25, 0.3) is 0 Å². The number of fused-ring (bicyclic) bond motifs is 2. The van der Waals surface area contributed by atoms with E-state index in [0.717, 1.165) is 19.1 Å². The van der Waals surface area contributed by atoms with Gasteiger partial charge in [-0.1, -0.05) is 41.0 Å². The molecule has 0 amide bonds. The van der Waals surface area contributed by atoms with Crippen molar-refractivity contribution in [3.8, 4) is 0 Å². The van der Waals surface area contributed by atoms with Crippen molar-refractivity contribution >= 4 is 0 Å². The zero-order valence-electron chi connectivity index (χ0n) is 14.3. The summed E-state index contributed by atoms with van der Waals surface area (Å²) in [6.07, 6.45) is 8.19. The second kappa shape index (κ2) is 5.61. The minimum Gasteiger partial charge on any atom is -0.378 e. The zero-order chi connectivity index (χ0) is 15.0. The Kier molecular flexibility index (Phi) is 4.57. The zero-order valence-corrected chi connectivity index (χ0v) is 14.3. The van der Waals surface area contributed by atoms with E-state index in [0.29, 0.717) is 22.3 Å². The summed E-state index contributed by atoms with van der Waals surface area (Å²) in [5, 5.41) is 0. The predicted octanol–water partition coefficient (Wildman–Crippen LogP) is 4.37. The lowest BCUT2D eigenvalue weighted by molar-refractivity contribution is -0.0478. The van der Waals surface area contributed by atoms with Gasteiger partial charge in [-0.2, -0.15) is 0 Å². The average Bonchev–Trinajstić information content (AvgIpc) is 2.71. The first-order chi connectivity index (χ1) is 9.23. The summed E-state index contributed by atoms with van der Waals surface area (Å²) < 4.78 is 6.29. The number of hydrogen-bond acceptors (Lipinski definition) is 2. The normalized spacial score (nSPS) is 35.7. The van der Waals surface area contributed by atoms with Crippen LogP contribution < -0.4 is 5.73 Å². The van der Waals surface area contributed by atoms with Gasteiger partial charge in [-0.05, 0) is 60.8 Å². The number of ether oxygens (including phenoxy) is 1. The first-order valence-corrected chi connectivity index (χ1v) is 8.55. The van der Waals surface area contributed by atoms with Gasteiger partial charge in [0.25, 0.3) is 0 Å². The van der Waals surface area contributed by atoms with Crippen LogP contribution in [0.1, 0.15) is 73.1 Å². The topological polar surface area (TPSA) is 35.2 Å². The molecule has 2 nitrogen and oxygen atoms in total. The molecule has 2 fully saturated rings. The summed E-state index contributed by atoms with van der Waals surface area (Å²) >= 11 is 0. The molecule has 2 saturated carbocycles. The smallest absolute Gasteiger partial charge is 0.0636 e. The molecule has 2 N–H and O–H groups in total. The Morgan fingerprint density at radius 3 is 2.40 bits per heavy atom. The summed E-state index contributed by atoms with van der Waals surface area (Å²) in [7, 11) is 0. The molecule has 0 aromatic rings. The Morgan fingerprint density at radius 2 is 1.90 bits per heavy atom. The lowest BCUT2D eigenvalue weighted by Crippen LogP contribution is -2.37. The van der Waals surface area contributed by atoms with Crippen LogP contribution in [0, 0.1) is 22.2 Å². The molecule has 0 radical (unpaired) electrons. The molecule has 3 unspecified atom stereocenters. The fourth-order valence-electron chi connectivity index (χ4n) is 4.42.